The van der Waals surface area contributed by atoms with Crippen LogP contribution in [0.1, 0.15) is 36.5 Å². The van der Waals surface area contributed by atoms with E-state index in [0.717, 1.165) is 12.8 Å². The molecule has 0 spiro atoms. The molecule has 1 heterocycles. The van der Waals surface area contributed by atoms with Gasteiger partial charge in [-0.25, -0.2) is 0 Å². The third-order valence-electron chi connectivity index (χ3n) is 3.02. The first kappa shape index (κ1) is 10.1. The zero-order valence-corrected chi connectivity index (χ0v) is 8.99. The second-order valence-corrected chi connectivity index (χ2v) is 4.49. The molecule has 1 aliphatic rings. The molecule has 0 radical (unpaired) electrons. The smallest absolute Gasteiger partial charge is 0.173 e. The molecule has 0 amide bonds. The van der Waals surface area contributed by atoms with E-state index in [4.69, 9.17) is 0 Å². The molecule has 1 fully saturated rings. The number of aromatic nitrogens is 2. The summed E-state index contributed by atoms with van der Waals surface area (Å²) in [6.45, 7) is 1.92. The molecular formula is C11H14N2O2. The molecule has 0 saturated heterocycles. The Morgan fingerprint density at radius 1 is 1.53 bits per heavy atom. The number of carbonyl (C=O) groups is 2. The van der Waals surface area contributed by atoms with Crippen molar-refractivity contribution >= 4 is 11.6 Å². The number of hydrogen-bond donors (Lipinski definition) is 0. The van der Waals surface area contributed by atoms with Crippen LogP contribution in [0.3, 0.4) is 0 Å². The number of Topliss-reactive ketones (excluding diaryl/α,β-unsaturated/α-hetero) is 2. The van der Waals surface area contributed by atoms with Crippen molar-refractivity contribution in [2.75, 3.05) is 0 Å². The maximum Gasteiger partial charge on any atom is 0.173 e. The van der Waals surface area contributed by atoms with Crippen molar-refractivity contribution in [1.29, 1.82) is 0 Å². The van der Waals surface area contributed by atoms with Crippen LogP contribution in [0.5, 0.6) is 0 Å². The summed E-state index contributed by atoms with van der Waals surface area (Å²) < 4.78 is 1.57. The fourth-order valence-corrected chi connectivity index (χ4v) is 1.49. The fourth-order valence-electron chi connectivity index (χ4n) is 1.49. The third-order valence-corrected chi connectivity index (χ3v) is 3.02. The van der Waals surface area contributed by atoms with Crippen molar-refractivity contribution in [3.63, 3.8) is 0 Å². The Kier molecular flexibility index (Phi) is 2.21. The van der Waals surface area contributed by atoms with Crippen LogP contribution in [-0.2, 0) is 11.8 Å². The minimum absolute atomic E-state index is 0.0161. The maximum absolute atomic E-state index is 11.7. The van der Waals surface area contributed by atoms with Crippen LogP contribution >= 0.6 is 0 Å². The Hall–Kier alpha value is -1.45. The Morgan fingerprint density at radius 2 is 2.20 bits per heavy atom. The van der Waals surface area contributed by atoms with Gasteiger partial charge in [0.25, 0.3) is 0 Å². The summed E-state index contributed by atoms with van der Waals surface area (Å²) in [6.07, 6.45) is 5.01. The molecule has 0 unspecified atom stereocenters. The molecule has 0 N–H and O–H groups in total. The number of hydrogen-bond acceptors (Lipinski definition) is 3. The topological polar surface area (TPSA) is 52.0 Å². The predicted molar refractivity (Wildman–Crippen MR) is 54.5 cm³/mol. The maximum atomic E-state index is 11.7. The van der Waals surface area contributed by atoms with Gasteiger partial charge in [0.05, 0.1) is 18.2 Å². The summed E-state index contributed by atoms with van der Waals surface area (Å²) in [6, 6.07) is 0. The van der Waals surface area contributed by atoms with E-state index in [-0.39, 0.29) is 23.4 Å². The molecule has 15 heavy (non-hydrogen) atoms. The molecule has 4 nitrogen and oxygen atoms in total. The zero-order chi connectivity index (χ0) is 11.1. The predicted octanol–water partition coefficient (Wildman–Crippen LogP) is 1.36. The highest BCUT2D eigenvalue weighted by Gasteiger charge is 2.44. The lowest BCUT2D eigenvalue weighted by Crippen LogP contribution is -2.16. The Morgan fingerprint density at radius 3 is 2.67 bits per heavy atom. The third kappa shape index (κ3) is 1.98. The van der Waals surface area contributed by atoms with Crippen molar-refractivity contribution < 1.29 is 9.59 Å². The molecule has 1 aromatic heterocycles. The van der Waals surface area contributed by atoms with Crippen LogP contribution in [0.4, 0.5) is 0 Å². The molecule has 0 aliphatic heterocycles. The lowest BCUT2D eigenvalue weighted by molar-refractivity contribution is -0.122. The average Bonchev–Trinajstić information content (AvgIpc) is 2.77. The monoisotopic (exact) mass is 206 g/mol. The minimum atomic E-state index is -0.210. The molecule has 80 valence electrons. The van der Waals surface area contributed by atoms with E-state index in [0.29, 0.717) is 5.56 Å². The van der Waals surface area contributed by atoms with Crippen molar-refractivity contribution in [2.45, 2.75) is 26.2 Å². The van der Waals surface area contributed by atoms with Crippen LogP contribution in [0.25, 0.3) is 0 Å². The largest absolute Gasteiger partial charge is 0.299 e. The highest BCUT2D eigenvalue weighted by atomic mass is 16.1. The molecule has 1 aliphatic carbocycles. The number of rotatable bonds is 4. The first-order valence-electron chi connectivity index (χ1n) is 5.06. The average molecular weight is 206 g/mol. The standard InChI is InChI=1S/C11H14N2O2/c1-11(3-4-11)10(15)5-9(14)8-6-12-13(2)7-8/h6-7H,3-5H2,1-2H3. The van der Waals surface area contributed by atoms with Crippen LogP contribution in [0, 0.1) is 5.41 Å². The Balaban J connectivity index is 2.01. The number of ketones is 2. The van der Waals surface area contributed by atoms with Crippen molar-refractivity contribution in [2.24, 2.45) is 12.5 Å². The second kappa shape index (κ2) is 3.29. The van der Waals surface area contributed by atoms with E-state index in [9.17, 15) is 9.59 Å². The summed E-state index contributed by atoms with van der Waals surface area (Å²) in [5, 5.41) is 3.91. The number of aryl methyl sites for hydroxylation is 1. The second-order valence-electron chi connectivity index (χ2n) is 4.49. The Labute approximate surface area is 88.3 Å². The van der Waals surface area contributed by atoms with Gasteiger partial charge in [-0.2, -0.15) is 5.10 Å². The molecule has 4 heteroatoms. The van der Waals surface area contributed by atoms with Gasteiger partial charge in [-0.05, 0) is 12.8 Å². The van der Waals surface area contributed by atoms with Gasteiger partial charge in [0.1, 0.15) is 5.78 Å². The summed E-state index contributed by atoms with van der Waals surface area (Å²) in [7, 11) is 1.75. The lowest BCUT2D eigenvalue weighted by atomic mass is 9.97. The lowest BCUT2D eigenvalue weighted by Gasteiger charge is -2.04. The molecule has 0 bridgehead atoms. The summed E-state index contributed by atoms with van der Waals surface area (Å²) in [5.74, 6) is -0.0578. The summed E-state index contributed by atoms with van der Waals surface area (Å²) >= 11 is 0. The molecule has 0 atom stereocenters. The van der Waals surface area contributed by atoms with E-state index in [1.807, 2.05) is 6.92 Å². The normalized spacial score (nSPS) is 17.5. The Bertz CT molecular complexity index is 416. The van der Waals surface area contributed by atoms with Crippen LogP contribution < -0.4 is 0 Å². The van der Waals surface area contributed by atoms with Gasteiger partial charge in [0, 0.05) is 18.7 Å². The van der Waals surface area contributed by atoms with Gasteiger partial charge in [-0.15, -0.1) is 0 Å². The molecule has 0 aromatic carbocycles. The molecule has 1 aromatic rings. The summed E-state index contributed by atoms with van der Waals surface area (Å²) in [4.78, 5) is 23.3. The van der Waals surface area contributed by atoms with Gasteiger partial charge in [-0.3, -0.25) is 14.3 Å². The molecular weight excluding hydrogens is 192 g/mol. The zero-order valence-electron chi connectivity index (χ0n) is 8.99. The number of nitrogens with zero attached hydrogens (tertiary/aromatic N) is 2. The van der Waals surface area contributed by atoms with E-state index in [2.05, 4.69) is 5.10 Å². The quantitative estimate of drug-likeness (QED) is 0.552. The van der Waals surface area contributed by atoms with E-state index in [1.54, 1.807) is 17.9 Å². The van der Waals surface area contributed by atoms with E-state index >= 15 is 0 Å². The molecule has 2 rings (SSSR count). The van der Waals surface area contributed by atoms with Gasteiger partial charge >= 0.3 is 0 Å². The van der Waals surface area contributed by atoms with Gasteiger partial charge in [0.15, 0.2) is 5.78 Å². The van der Waals surface area contributed by atoms with Crippen LogP contribution in [-0.4, -0.2) is 21.3 Å². The highest BCUT2D eigenvalue weighted by molar-refractivity contribution is 6.09. The SMILES string of the molecule is Cn1cc(C(=O)CC(=O)C2(C)CC2)cn1. The van der Waals surface area contributed by atoms with E-state index < -0.39 is 0 Å². The first-order chi connectivity index (χ1) is 7.01. The summed E-state index contributed by atoms with van der Waals surface area (Å²) in [5.41, 5.74) is 0.313. The van der Waals surface area contributed by atoms with E-state index in [1.165, 1.54) is 6.20 Å². The highest BCUT2D eigenvalue weighted by Crippen LogP contribution is 2.46. The number of carbonyl (C=O) groups excluding carboxylic acids is 2. The van der Waals surface area contributed by atoms with Crippen molar-refractivity contribution in [3.8, 4) is 0 Å². The van der Waals surface area contributed by atoms with Gasteiger partial charge in [0.2, 0.25) is 0 Å². The molecule has 1 saturated carbocycles. The van der Waals surface area contributed by atoms with Crippen molar-refractivity contribution in [3.05, 3.63) is 18.0 Å². The first-order valence-corrected chi connectivity index (χ1v) is 5.06. The van der Waals surface area contributed by atoms with Crippen molar-refractivity contribution in [1.82, 2.24) is 9.78 Å². The minimum Gasteiger partial charge on any atom is -0.299 e. The van der Waals surface area contributed by atoms with Gasteiger partial charge < -0.3 is 0 Å². The van der Waals surface area contributed by atoms with Crippen LogP contribution in [0.2, 0.25) is 0 Å². The van der Waals surface area contributed by atoms with Crippen LogP contribution in [0.15, 0.2) is 12.4 Å². The van der Waals surface area contributed by atoms with Gasteiger partial charge in [-0.1, -0.05) is 6.92 Å². The fraction of sp³-hybridized carbons (Fsp3) is 0.545.